The first-order valence-corrected chi connectivity index (χ1v) is 24.9. The first-order valence-electron chi connectivity index (χ1n) is 24.9. The van der Waals surface area contributed by atoms with Crippen LogP contribution in [0.2, 0.25) is 0 Å². The summed E-state index contributed by atoms with van der Waals surface area (Å²) in [6, 6.07) is 68.3. The van der Waals surface area contributed by atoms with Gasteiger partial charge in [0.15, 0.2) is 0 Å². The molecule has 0 atom stereocenters. The van der Waals surface area contributed by atoms with Crippen LogP contribution in [0, 0.1) is 41.5 Å². The van der Waals surface area contributed by atoms with Crippen molar-refractivity contribution in [2.45, 2.75) is 60.8 Å². The average molecular weight is 900 g/mol. The fourth-order valence-electron chi connectivity index (χ4n) is 13.2. The molecule has 2 nitrogen and oxygen atoms in total. The van der Waals surface area contributed by atoms with Crippen molar-refractivity contribution in [2.75, 3.05) is 4.90 Å². The summed E-state index contributed by atoms with van der Waals surface area (Å²) in [5.41, 5.74) is 22.8. The molecule has 0 saturated carbocycles. The van der Waals surface area contributed by atoms with Crippen LogP contribution in [0.5, 0.6) is 11.5 Å². The molecule has 0 radical (unpaired) electrons. The van der Waals surface area contributed by atoms with Crippen LogP contribution in [0.3, 0.4) is 0 Å². The van der Waals surface area contributed by atoms with Crippen LogP contribution in [0.1, 0.15) is 58.4 Å². The van der Waals surface area contributed by atoms with Crippen molar-refractivity contribution in [1.82, 2.24) is 0 Å². The number of ether oxygens (including phenoxy) is 1. The summed E-state index contributed by atoms with van der Waals surface area (Å²) in [7, 11) is 0. The van der Waals surface area contributed by atoms with Gasteiger partial charge < -0.3 is 9.64 Å². The van der Waals surface area contributed by atoms with Gasteiger partial charge in [0.25, 0.3) is 0 Å². The highest BCUT2D eigenvalue weighted by Crippen LogP contribution is 2.56. The van der Waals surface area contributed by atoms with Crippen molar-refractivity contribution in [2.24, 2.45) is 0 Å². The SMILES string of the molecule is Cc1cc(C)c(B(c2c(C)cc(C)cc2C)c2cc3c4cccc5c4c(cc3c3ccccc23)-c2ccc(N(c3ccc4ccccc4c3)c3cccc4c3C(C)(C)c3ccccc3-4)cc2O5)c(C)c1. The smallest absolute Gasteiger partial charge is 0.243 e. The van der Waals surface area contributed by atoms with E-state index in [1.807, 2.05) is 0 Å². The third-order valence-electron chi connectivity index (χ3n) is 15.9. The Morgan fingerprint density at radius 1 is 0.414 bits per heavy atom. The van der Waals surface area contributed by atoms with Gasteiger partial charge in [0.05, 0.1) is 5.69 Å². The van der Waals surface area contributed by atoms with E-state index in [4.69, 9.17) is 4.74 Å². The van der Waals surface area contributed by atoms with Crippen molar-refractivity contribution in [3.63, 3.8) is 0 Å². The zero-order valence-electron chi connectivity index (χ0n) is 41.3. The van der Waals surface area contributed by atoms with Gasteiger partial charge in [-0.3, -0.25) is 0 Å². The minimum atomic E-state index is -0.212. The molecule has 0 amide bonds. The van der Waals surface area contributed by atoms with Crippen molar-refractivity contribution >= 4 is 83.3 Å². The Morgan fingerprint density at radius 2 is 1.00 bits per heavy atom. The second-order valence-electron chi connectivity index (χ2n) is 20.8. The molecule has 11 aromatic rings. The molecule has 0 spiro atoms. The maximum atomic E-state index is 7.18. The predicted molar refractivity (Wildman–Crippen MR) is 300 cm³/mol. The number of nitrogens with zero attached hydrogens (tertiary/aromatic N) is 1. The molecule has 11 aromatic carbocycles. The first kappa shape index (κ1) is 42.2. The van der Waals surface area contributed by atoms with E-state index in [1.165, 1.54) is 121 Å². The number of hydrogen-bond donors (Lipinski definition) is 0. The fraction of sp³-hybridized carbons (Fsp3) is 0.134. The monoisotopic (exact) mass is 899 g/mol. The standard InChI is InChI=1S/C67H54BNO/c1-39-31-41(3)65(42(4)32-39)68(66-43(5)33-40(2)34-44(66)6)59-38-56-53-22-16-26-61-63(53)57(37-55(56)49-19-11-12-21-51(49)59)52-30-29-48(36-62(52)70-61)69(47-28-27-45-17-9-10-18-46(45)35-47)60-25-15-23-54-50-20-13-14-24-58(50)67(7,8)64(54)60/h9-38H,1-8H3. The van der Waals surface area contributed by atoms with Crippen LogP contribution in [0.25, 0.3) is 65.3 Å². The second-order valence-corrected chi connectivity index (χ2v) is 20.8. The minimum absolute atomic E-state index is 0.0350. The summed E-state index contributed by atoms with van der Waals surface area (Å²) in [6.45, 7) is 18.4. The molecule has 0 N–H and O–H groups in total. The molecule has 13 rings (SSSR count). The van der Waals surface area contributed by atoms with E-state index in [0.717, 1.165) is 33.8 Å². The summed E-state index contributed by atoms with van der Waals surface area (Å²) in [5, 5.41) is 9.85. The Kier molecular flexibility index (Phi) is 9.40. The van der Waals surface area contributed by atoms with Crippen LogP contribution in [-0.2, 0) is 5.41 Å². The zero-order valence-corrected chi connectivity index (χ0v) is 41.3. The molecular weight excluding hydrogens is 846 g/mol. The summed E-state index contributed by atoms with van der Waals surface area (Å²) >= 11 is 0. The zero-order chi connectivity index (χ0) is 47.7. The van der Waals surface area contributed by atoms with E-state index in [-0.39, 0.29) is 12.1 Å². The highest BCUT2D eigenvalue weighted by molar-refractivity contribution is 6.98. The van der Waals surface area contributed by atoms with Crippen LogP contribution >= 0.6 is 0 Å². The highest BCUT2D eigenvalue weighted by Gasteiger charge is 2.39. The normalized spacial score (nSPS) is 13.1. The molecule has 0 fully saturated rings. The van der Waals surface area contributed by atoms with Gasteiger partial charge in [-0.1, -0.05) is 197 Å². The van der Waals surface area contributed by atoms with Gasteiger partial charge in [0.2, 0.25) is 6.71 Å². The molecule has 0 aromatic heterocycles. The molecule has 0 unspecified atom stereocenters. The maximum Gasteiger partial charge on any atom is 0.243 e. The number of rotatable bonds is 6. The van der Waals surface area contributed by atoms with Crippen LogP contribution < -0.4 is 26.0 Å². The van der Waals surface area contributed by atoms with Gasteiger partial charge in [0.1, 0.15) is 11.5 Å². The lowest BCUT2D eigenvalue weighted by molar-refractivity contribution is 0.487. The number of anilines is 3. The van der Waals surface area contributed by atoms with E-state index in [0.29, 0.717) is 0 Å². The van der Waals surface area contributed by atoms with Crippen LogP contribution in [0.4, 0.5) is 17.1 Å². The molecule has 1 aliphatic carbocycles. The van der Waals surface area contributed by atoms with E-state index < -0.39 is 0 Å². The van der Waals surface area contributed by atoms with Gasteiger partial charge in [-0.25, -0.2) is 0 Å². The highest BCUT2D eigenvalue weighted by atomic mass is 16.5. The minimum Gasteiger partial charge on any atom is -0.456 e. The molecule has 336 valence electrons. The molecular formula is C67H54BNO. The van der Waals surface area contributed by atoms with Gasteiger partial charge in [-0.05, 0) is 150 Å². The quantitative estimate of drug-likeness (QED) is 0.122. The van der Waals surface area contributed by atoms with Crippen molar-refractivity contribution in [3.8, 4) is 33.8 Å². The first-order chi connectivity index (χ1) is 33.9. The number of fused-ring (bicyclic) bond motifs is 10. The number of aryl methyl sites for hydroxylation is 6. The average Bonchev–Trinajstić information content (AvgIpc) is 3.59. The largest absolute Gasteiger partial charge is 0.456 e. The van der Waals surface area contributed by atoms with Crippen LogP contribution in [0.15, 0.2) is 182 Å². The molecule has 1 heterocycles. The van der Waals surface area contributed by atoms with Crippen molar-refractivity contribution < 1.29 is 4.74 Å². The van der Waals surface area contributed by atoms with Crippen molar-refractivity contribution in [3.05, 3.63) is 226 Å². The fourth-order valence-corrected chi connectivity index (χ4v) is 13.2. The van der Waals surface area contributed by atoms with Crippen molar-refractivity contribution in [1.29, 1.82) is 0 Å². The van der Waals surface area contributed by atoms with E-state index in [2.05, 4.69) is 242 Å². The maximum absolute atomic E-state index is 7.18. The molecule has 3 heteroatoms. The molecule has 2 aliphatic rings. The number of hydrogen-bond acceptors (Lipinski definition) is 2. The van der Waals surface area contributed by atoms with Gasteiger partial charge in [-0.15, -0.1) is 0 Å². The molecule has 70 heavy (non-hydrogen) atoms. The molecule has 0 bridgehead atoms. The summed E-state index contributed by atoms with van der Waals surface area (Å²) in [4.78, 5) is 2.46. The third-order valence-corrected chi connectivity index (χ3v) is 15.9. The summed E-state index contributed by atoms with van der Waals surface area (Å²) < 4.78 is 7.18. The molecule has 1 aliphatic heterocycles. The van der Waals surface area contributed by atoms with E-state index in [9.17, 15) is 0 Å². The Bertz CT molecular complexity index is 3940. The lowest BCUT2D eigenvalue weighted by atomic mass is 9.33. The lowest BCUT2D eigenvalue weighted by Crippen LogP contribution is -2.56. The summed E-state index contributed by atoms with van der Waals surface area (Å²) in [5.74, 6) is 1.74. The Morgan fingerprint density at radius 3 is 1.74 bits per heavy atom. The number of benzene rings is 11. The van der Waals surface area contributed by atoms with Gasteiger partial charge in [0, 0.05) is 33.8 Å². The Labute approximate surface area is 411 Å². The van der Waals surface area contributed by atoms with Gasteiger partial charge in [-0.2, -0.15) is 0 Å². The van der Waals surface area contributed by atoms with E-state index >= 15 is 0 Å². The van der Waals surface area contributed by atoms with Crippen LogP contribution in [-0.4, -0.2) is 6.71 Å². The Hall–Kier alpha value is -7.88. The van der Waals surface area contributed by atoms with E-state index in [1.54, 1.807) is 0 Å². The second kappa shape index (κ2) is 15.6. The molecule has 0 saturated heterocycles. The predicted octanol–water partition coefficient (Wildman–Crippen LogP) is 16.2. The van der Waals surface area contributed by atoms with Gasteiger partial charge >= 0.3 is 0 Å². The lowest BCUT2D eigenvalue weighted by Gasteiger charge is -2.33. The Balaban J connectivity index is 1.03. The summed E-state index contributed by atoms with van der Waals surface area (Å²) in [6.07, 6.45) is 0. The topological polar surface area (TPSA) is 12.5 Å². The third kappa shape index (κ3) is 6.27.